The molecule has 1 heterocycles. The van der Waals surface area contributed by atoms with E-state index in [4.69, 9.17) is 0 Å². The molecule has 4 heteroatoms. The van der Waals surface area contributed by atoms with Gasteiger partial charge in [-0.25, -0.2) is 0 Å². The molecule has 0 bridgehead atoms. The van der Waals surface area contributed by atoms with Crippen LogP contribution < -0.4 is 5.32 Å². The summed E-state index contributed by atoms with van der Waals surface area (Å²) in [4.78, 5) is 2.38. The van der Waals surface area contributed by atoms with Crippen molar-refractivity contribution in [2.75, 3.05) is 13.6 Å². The maximum atomic E-state index is 4.20. The van der Waals surface area contributed by atoms with Crippen LogP contribution in [0.25, 0.3) is 0 Å². The lowest BCUT2D eigenvalue weighted by Gasteiger charge is -2.27. The van der Waals surface area contributed by atoms with Crippen LogP contribution >= 0.6 is 0 Å². The van der Waals surface area contributed by atoms with Gasteiger partial charge in [0.15, 0.2) is 0 Å². The molecule has 1 N–H and O–H groups in total. The Labute approximate surface area is 111 Å². The lowest BCUT2D eigenvalue weighted by molar-refractivity contribution is 0.231. The van der Waals surface area contributed by atoms with E-state index in [0.717, 1.165) is 19.5 Å². The monoisotopic (exact) mass is 252 g/mol. The van der Waals surface area contributed by atoms with Crippen LogP contribution in [-0.4, -0.2) is 39.9 Å². The fourth-order valence-electron chi connectivity index (χ4n) is 1.87. The lowest BCUT2D eigenvalue weighted by atomic mass is 10.1. The molecule has 0 aliphatic carbocycles. The summed E-state index contributed by atoms with van der Waals surface area (Å²) < 4.78 is 1.86. The topological polar surface area (TPSA) is 33.1 Å². The third-order valence-electron chi connectivity index (χ3n) is 3.16. The van der Waals surface area contributed by atoms with Gasteiger partial charge in [-0.3, -0.25) is 9.58 Å². The molecule has 1 rings (SSSR count). The van der Waals surface area contributed by atoms with Gasteiger partial charge in [0.2, 0.25) is 0 Å². The number of hydrogen-bond acceptors (Lipinski definition) is 3. The Morgan fingerprint density at radius 2 is 2.11 bits per heavy atom. The SMILES string of the molecule is CC(CCNC(C)(C)C)N(C)Cc1cnn(C)c1. The maximum Gasteiger partial charge on any atom is 0.0534 e. The lowest BCUT2D eigenvalue weighted by Crippen LogP contribution is -2.39. The summed E-state index contributed by atoms with van der Waals surface area (Å²) in [6, 6.07) is 0.569. The van der Waals surface area contributed by atoms with E-state index in [1.165, 1.54) is 5.56 Å². The fourth-order valence-corrected chi connectivity index (χ4v) is 1.87. The second kappa shape index (κ2) is 6.34. The van der Waals surface area contributed by atoms with Crippen LogP contribution in [0.3, 0.4) is 0 Å². The van der Waals surface area contributed by atoms with E-state index in [9.17, 15) is 0 Å². The Morgan fingerprint density at radius 3 is 2.61 bits per heavy atom. The van der Waals surface area contributed by atoms with Gasteiger partial charge < -0.3 is 5.32 Å². The van der Waals surface area contributed by atoms with Crippen molar-refractivity contribution in [2.24, 2.45) is 7.05 Å². The summed E-state index contributed by atoms with van der Waals surface area (Å²) in [5.41, 5.74) is 1.48. The van der Waals surface area contributed by atoms with Crippen LogP contribution in [0.1, 0.15) is 39.7 Å². The molecule has 0 amide bonds. The van der Waals surface area contributed by atoms with Crippen molar-refractivity contribution in [3.8, 4) is 0 Å². The van der Waals surface area contributed by atoms with E-state index in [1.54, 1.807) is 0 Å². The molecule has 18 heavy (non-hydrogen) atoms. The minimum Gasteiger partial charge on any atom is -0.312 e. The molecule has 0 spiro atoms. The van der Waals surface area contributed by atoms with Crippen molar-refractivity contribution < 1.29 is 0 Å². The van der Waals surface area contributed by atoms with E-state index in [0.29, 0.717) is 6.04 Å². The van der Waals surface area contributed by atoms with E-state index in [2.05, 4.69) is 56.3 Å². The van der Waals surface area contributed by atoms with Crippen LogP contribution in [0.2, 0.25) is 0 Å². The Morgan fingerprint density at radius 1 is 1.44 bits per heavy atom. The first kappa shape index (κ1) is 15.2. The van der Waals surface area contributed by atoms with Crippen molar-refractivity contribution in [3.05, 3.63) is 18.0 Å². The van der Waals surface area contributed by atoms with Gasteiger partial charge in [-0.15, -0.1) is 0 Å². The summed E-state index contributed by atoms with van der Waals surface area (Å²) >= 11 is 0. The highest BCUT2D eigenvalue weighted by Gasteiger charge is 2.13. The smallest absolute Gasteiger partial charge is 0.0534 e. The van der Waals surface area contributed by atoms with Gasteiger partial charge >= 0.3 is 0 Å². The summed E-state index contributed by atoms with van der Waals surface area (Å²) in [6.45, 7) is 10.9. The molecule has 104 valence electrons. The van der Waals surface area contributed by atoms with Crippen LogP contribution in [0.15, 0.2) is 12.4 Å². The number of aryl methyl sites for hydroxylation is 1. The molecule has 1 unspecified atom stereocenters. The molecule has 0 aromatic carbocycles. The molecular formula is C14H28N4. The molecule has 0 aliphatic heterocycles. The van der Waals surface area contributed by atoms with Gasteiger partial charge in [-0.2, -0.15) is 5.10 Å². The second-order valence-corrected chi connectivity index (χ2v) is 6.25. The van der Waals surface area contributed by atoms with Crippen molar-refractivity contribution in [1.29, 1.82) is 0 Å². The Hall–Kier alpha value is -0.870. The predicted molar refractivity (Wildman–Crippen MR) is 76.5 cm³/mol. The summed E-state index contributed by atoms with van der Waals surface area (Å²) in [5, 5.41) is 7.73. The quantitative estimate of drug-likeness (QED) is 0.841. The molecule has 0 saturated carbocycles. The van der Waals surface area contributed by atoms with Gasteiger partial charge in [0.25, 0.3) is 0 Å². The zero-order valence-corrected chi connectivity index (χ0v) is 12.7. The maximum absolute atomic E-state index is 4.20. The predicted octanol–water partition coefficient (Wildman–Crippen LogP) is 2.02. The van der Waals surface area contributed by atoms with Gasteiger partial charge in [-0.1, -0.05) is 0 Å². The van der Waals surface area contributed by atoms with Crippen molar-refractivity contribution in [3.63, 3.8) is 0 Å². The van der Waals surface area contributed by atoms with E-state index in [1.807, 2.05) is 17.9 Å². The van der Waals surface area contributed by atoms with Crippen LogP contribution in [0, 0.1) is 0 Å². The van der Waals surface area contributed by atoms with Crippen LogP contribution in [0.4, 0.5) is 0 Å². The standard InChI is InChI=1S/C14H28N4/c1-12(7-8-15-14(2,3)4)17(5)10-13-9-16-18(6)11-13/h9,11-12,15H,7-8,10H2,1-6H3. The summed E-state index contributed by atoms with van der Waals surface area (Å²) in [5.74, 6) is 0. The van der Waals surface area contributed by atoms with Gasteiger partial charge in [0.05, 0.1) is 6.20 Å². The minimum atomic E-state index is 0.210. The highest BCUT2D eigenvalue weighted by atomic mass is 15.2. The van der Waals surface area contributed by atoms with E-state index in [-0.39, 0.29) is 5.54 Å². The van der Waals surface area contributed by atoms with Crippen molar-refractivity contribution in [2.45, 2.75) is 52.2 Å². The summed E-state index contributed by atoms with van der Waals surface area (Å²) in [6.07, 6.45) is 5.18. The number of nitrogens with one attached hydrogen (secondary N) is 1. The number of hydrogen-bond donors (Lipinski definition) is 1. The first-order chi connectivity index (χ1) is 8.28. The molecule has 0 aliphatic rings. The molecule has 0 radical (unpaired) electrons. The molecule has 1 atom stereocenters. The highest BCUT2D eigenvalue weighted by molar-refractivity contribution is 5.03. The van der Waals surface area contributed by atoms with E-state index < -0.39 is 0 Å². The van der Waals surface area contributed by atoms with E-state index >= 15 is 0 Å². The molecule has 1 aromatic heterocycles. The van der Waals surface area contributed by atoms with Crippen LogP contribution in [0.5, 0.6) is 0 Å². The molecule has 0 saturated heterocycles. The van der Waals surface area contributed by atoms with Crippen molar-refractivity contribution in [1.82, 2.24) is 20.0 Å². The Kier molecular flexibility index (Phi) is 5.35. The Bertz CT molecular complexity index is 351. The summed E-state index contributed by atoms with van der Waals surface area (Å²) in [7, 11) is 4.13. The zero-order valence-electron chi connectivity index (χ0n) is 12.7. The fraction of sp³-hybridized carbons (Fsp3) is 0.786. The second-order valence-electron chi connectivity index (χ2n) is 6.25. The third-order valence-corrected chi connectivity index (χ3v) is 3.16. The molecule has 4 nitrogen and oxygen atoms in total. The first-order valence-corrected chi connectivity index (χ1v) is 6.71. The molecular weight excluding hydrogens is 224 g/mol. The largest absolute Gasteiger partial charge is 0.312 e. The van der Waals surface area contributed by atoms with Gasteiger partial charge in [-0.05, 0) is 47.7 Å². The van der Waals surface area contributed by atoms with Crippen LogP contribution in [-0.2, 0) is 13.6 Å². The number of aromatic nitrogens is 2. The average Bonchev–Trinajstić information content (AvgIpc) is 2.61. The average molecular weight is 252 g/mol. The highest BCUT2D eigenvalue weighted by Crippen LogP contribution is 2.08. The molecule has 0 fully saturated rings. The van der Waals surface area contributed by atoms with Gasteiger partial charge in [0, 0.05) is 36.9 Å². The normalized spacial score (nSPS) is 14.2. The van der Waals surface area contributed by atoms with Crippen molar-refractivity contribution >= 4 is 0 Å². The Balaban J connectivity index is 2.30. The van der Waals surface area contributed by atoms with Gasteiger partial charge in [0.1, 0.15) is 0 Å². The minimum absolute atomic E-state index is 0.210. The number of nitrogens with zero attached hydrogens (tertiary/aromatic N) is 3. The third kappa shape index (κ3) is 5.65. The number of rotatable bonds is 6. The first-order valence-electron chi connectivity index (χ1n) is 6.71. The zero-order chi connectivity index (χ0) is 13.8. The molecule has 1 aromatic rings.